The maximum absolute atomic E-state index is 12.3. The molecule has 3 fully saturated rings. The first-order valence-electron chi connectivity index (χ1n) is 14.4. The average Bonchev–Trinajstić information content (AvgIpc) is 3.80. The van der Waals surface area contributed by atoms with Crippen molar-refractivity contribution in [1.82, 2.24) is 9.80 Å². The molecular formula is C33H39N3O3. The third-order valence-electron chi connectivity index (χ3n) is 8.78. The van der Waals surface area contributed by atoms with Crippen molar-refractivity contribution in [3.63, 3.8) is 0 Å². The molecule has 39 heavy (non-hydrogen) atoms. The summed E-state index contributed by atoms with van der Waals surface area (Å²) in [5.74, 6) is 0.211. The predicted octanol–water partition coefficient (Wildman–Crippen LogP) is 5.11. The number of likely N-dealkylation sites (tertiary alicyclic amines) is 1. The molecule has 0 aromatic heterocycles. The molecule has 6 rings (SSSR count). The summed E-state index contributed by atoms with van der Waals surface area (Å²) in [5.41, 5.74) is 3.92. The van der Waals surface area contributed by atoms with E-state index in [9.17, 15) is 4.79 Å². The molecule has 6 nitrogen and oxygen atoms in total. The van der Waals surface area contributed by atoms with Crippen LogP contribution >= 0.6 is 0 Å². The Hall–Kier alpha value is -3.19. The number of para-hydroxylation sites is 1. The molecule has 0 amide bonds. The van der Waals surface area contributed by atoms with Crippen LogP contribution in [0.3, 0.4) is 0 Å². The highest BCUT2D eigenvalue weighted by Crippen LogP contribution is 2.50. The Morgan fingerprint density at radius 2 is 1.51 bits per heavy atom. The number of benzene rings is 3. The van der Waals surface area contributed by atoms with Crippen molar-refractivity contribution >= 4 is 11.7 Å². The number of piperidine rings is 1. The second-order valence-corrected chi connectivity index (χ2v) is 11.0. The number of esters is 1. The number of nitrogens with zero attached hydrogens (tertiary/aromatic N) is 3. The normalized spacial score (nSPS) is 22.6. The number of carbonyl (C=O) groups excluding carboxylic acids is 1. The molecule has 2 unspecified atom stereocenters. The van der Waals surface area contributed by atoms with Crippen LogP contribution in [0, 0.1) is 0 Å². The Labute approximate surface area is 232 Å². The molecule has 0 radical (unpaired) electrons. The molecule has 0 saturated carbocycles. The van der Waals surface area contributed by atoms with Gasteiger partial charge in [-0.2, -0.15) is 0 Å². The molecule has 3 saturated heterocycles. The molecule has 2 atom stereocenters. The van der Waals surface area contributed by atoms with Gasteiger partial charge < -0.3 is 19.3 Å². The van der Waals surface area contributed by atoms with E-state index in [0.29, 0.717) is 19.2 Å². The molecule has 6 heteroatoms. The molecule has 0 aliphatic carbocycles. The van der Waals surface area contributed by atoms with Gasteiger partial charge in [-0.05, 0) is 56.0 Å². The highest BCUT2D eigenvalue weighted by atomic mass is 16.6. The van der Waals surface area contributed by atoms with Gasteiger partial charge in [0.2, 0.25) is 0 Å². The predicted molar refractivity (Wildman–Crippen MR) is 154 cm³/mol. The van der Waals surface area contributed by atoms with Gasteiger partial charge in [-0.25, -0.2) is 4.90 Å². The molecule has 3 aromatic rings. The van der Waals surface area contributed by atoms with Crippen LogP contribution in [0.25, 0.3) is 0 Å². The van der Waals surface area contributed by atoms with E-state index in [1.807, 2.05) is 6.92 Å². The first-order valence-corrected chi connectivity index (χ1v) is 14.4. The molecule has 1 spiro atoms. The Bertz CT molecular complexity index is 1180. The number of rotatable bonds is 9. The van der Waals surface area contributed by atoms with Crippen molar-refractivity contribution in [2.75, 3.05) is 44.4 Å². The van der Waals surface area contributed by atoms with Gasteiger partial charge in [-0.15, -0.1) is 0 Å². The fourth-order valence-corrected chi connectivity index (χ4v) is 6.72. The Balaban J connectivity index is 1.15. The number of epoxide rings is 1. The Morgan fingerprint density at radius 1 is 0.923 bits per heavy atom. The van der Waals surface area contributed by atoms with Gasteiger partial charge in [0.15, 0.2) is 0 Å². The van der Waals surface area contributed by atoms with Crippen molar-refractivity contribution in [1.29, 1.82) is 0 Å². The summed E-state index contributed by atoms with van der Waals surface area (Å²) in [7, 11) is 0. The first-order chi connectivity index (χ1) is 19.2. The zero-order chi connectivity index (χ0) is 26.7. The third kappa shape index (κ3) is 5.46. The van der Waals surface area contributed by atoms with Crippen LogP contribution in [0.15, 0.2) is 91.0 Å². The van der Waals surface area contributed by atoms with E-state index in [4.69, 9.17) is 9.47 Å². The molecule has 0 bridgehead atoms. The van der Waals surface area contributed by atoms with Crippen LogP contribution in [-0.4, -0.2) is 73.1 Å². The summed E-state index contributed by atoms with van der Waals surface area (Å²) >= 11 is 0. The average molecular weight is 526 g/mol. The molecule has 3 aliphatic rings. The lowest BCUT2D eigenvalue weighted by Gasteiger charge is -2.53. The maximum Gasteiger partial charge on any atom is 0.320 e. The van der Waals surface area contributed by atoms with Gasteiger partial charge in [-0.3, -0.25) is 4.79 Å². The van der Waals surface area contributed by atoms with Crippen LogP contribution in [0.2, 0.25) is 0 Å². The molecule has 3 aromatic carbocycles. The lowest BCUT2D eigenvalue weighted by atomic mass is 9.80. The smallest absolute Gasteiger partial charge is 0.320 e. The molecule has 0 N–H and O–H groups in total. The Morgan fingerprint density at radius 3 is 2.10 bits per heavy atom. The first kappa shape index (κ1) is 26.1. The fraction of sp³-hybridized carbons (Fsp3) is 0.424. The van der Waals surface area contributed by atoms with Gasteiger partial charge in [0.05, 0.1) is 18.8 Å². The van der Waals surface area contributed by atoms with E-state index in [2.05, 4.69) is 106 Å². The molecule has 204 valence electrons. The topological polar surface area (TPSA) is 48.6 Å². The number of carbonyl (C=O) groups is 1. The van der Waals surface area contributed by atoms with E-state index in [0.717, 1.165) is 38.9 Å². The van der Waals surface area contributed by atoms with E-state index in [-0.39, 0.29) is 30.4 Å². The summed E-state index contributed by atoms with van der Waals surface area (Å²) in [5, 5.41) is 0. The summed E-state index contributed by atoms with van der Waals surface area (Å²) < 4.78 is 11.6. The van der Waals surface area contributed by atoms with Crippen LogP contribution in [0.1, 0.15) is 43.2 Å². The summed E-state index contributed by atoms with van der Waals surface area (Å²) in [4.78, 5) is 19.6. The minimum absolute atomic E-state index is 0.00135. The van der Waals surface area contributed by atoms with Crippen LogP contribution in [0.4, 0.5) is 5.69 Å². The van der Waals surface area contributed by atoms with Crippen molar-refractivity contribution in [3.8, 4) is 0 Å². The van der Waals surface area contributed by atoms with E-state index in [1.54, 1.807) is 0 Å². The summed E-state index contributed by atoms with van der Waals surface area (Å²) in [6.07, 6.45) is 3.32. The Kier molecular flexibility index (Phi) is 7.69. The monoisotopic (exact) mass is 525 g/mol. The largest absolute Gasteiger partial charge is 0.465 e. The van der Waals surface area contributed by atoms with Crippen molar-refractivity contribution in [2.24, 2.45) is 0 Å². The second kappa shape index (κ2) is 11.5. The zero-order valence-electron chi connectivity index (χ0n) is 22.8. The second-order valence-electron chi connectivity index (χ2n) is 11.0. The SMILES string of the molecule is CCOC(=O)CN1CN(c2ccccc2)C2(CCN(CCC(c3ccccc3)c3ccccc3)CC2)C2OC21. The third-order valence-corrected chi connectivity index (χ3v) is 8.78. The van der Waals surface area contributed by atoms with Gasteiger partial charge >= 0.3 is 5.97 Å². The van der Waals surface area contributed by atoms with Crippen LogP contribution < -0.4 is 4.90 Å². The standard InChI is InChI=1S/C33H39N3O3/c1-2-38-30(37)24-35-25-36(28-16-10-5-11-17-28)33(31-32(35)39-31)19-22-34(23-20-33)21-18-29(26-12-6-3-7-13-26)27-14-8-4-9-15-27/h3-17,29,31-32H,2,18-25H2,1H3. The summed E-state index contributed by atoms with van der Waals surface area (Å²) in [6, 6.07) is 32.4. The zero-order valence-corrected chi connectivity index (χ0v) is 22.8. The lowest BCUT2D eigenvalue weighted by molar-refractivity contribution is -0.145. The number of anilines is 1. The minimum atomic E-state index is -0.183. The molecular weight excluding hydrogens is 486 g/mol. The highest BCUT2D eigenvalue weighted by molar-refractivity contribution is 5.72. The fourth-order valence-electron chi connectivity index (χ4n) is 6.72. The van der Waals surface area contributed by atoms with E-state index >= 15 is 0 Å². The van der Waals surface area contributed by atoms with Crippen LogP contribution in [0.5, 0.6) is 0 Å². The molecule has 3 aliphatic heterocycles. The van der Waals surface area contributed by atoms with Gasteiger partial charge in [-0.1, -0.05) is 78.9 Å². The van der Waals surface area contributed by atoms with Crippen molar-refractivity contribution < 1.29 is 14.3 Å². The molecule has 3 heterocycles. The number of fused-ring (bicyclic) bond motifs is 2. The van der Waals surface area contributed by atoms with Gasteiger partial charge in [0.25, 0.3) is 0 Å². The van der Waals surface area contributed by atoms with Gasteiger partial charge in [0, 0.05) is 24.7 Å². The van der Waals surface area contributed by atoms with Crippen molar-refractivity contribution in [3.05, 3.63) is 102 Å². The van der Waals surface area contributed by atoms with E-state index in [1.165, 1.54) is 16.8 Å². The number of hydrogen-bond acceptors (Lipinski definition) is 6. The highest BCUT2D eigenvalue weighted by Gasteiger charge is 2.64. The lowest BCUT2D eigenvalue weighted by Crippen LogP contribution is -2.66. The minimum Gasteiger partial charge on any atom is -0.465 e. The quantitative estimate of drug-likeness (QED) is 0.286. The summed E-state index contributed by atoms with van der Waals surface area (Å²) in [6.45, 7) is 6.35. The van der Waals surface area contributed by atoms with Crippen LogP contribution in [-0.2, 0) is 14.3 Å². The van der Waals surface area contributed by atoms with Crippen molar-refractivity contribution in [2.45, 2.75) is 50.0 Å². The maximum atomic E-state index is 12.3. The number of ether oxygens (including phenoxy) is 2. The number of hydrogen-bond donors (Lipinski definition) is 0. The van der Waals surface area contributed by atoms with Gasteiger partial charge in [0.1, 0.15) is 18.9 Å². The van der Waals surface area contributed by atoms with E-state index < -0.39 is 0 Å².